The lowest BCUT2D eigenvalue weighted by atomic mass is 10.3. The van der Waals surface area contributed by atoms with Gasteiger partial charge in [-0.25, -0.2) is 4.98 Å². The molecule has 2 heterocycles. The van der Waals surface area contributed by atoms with Gasteiger partial charge >= 0.3 is 0 Å². The third kappa shape index (κ3) is 2.94. The fraction of sp³-hybridized carbons (Fsp3) is 0.500. The van der Waals surface area contributed by atoms with E-state index in [0.717, 1.165) is 31.0 Å². The van der Waals surface area contributed by atoms with Crippen LogP contribution in [0.3, 0.4) is 0 Å². The maximum absolute atomic E-state index is 4.31. The summed E-state index contributed by atoms with van der Waals surface area (Å²) in [6.07, 6.45) is 4.75. The molecular formula is C12H19N5. The molecule has 17 heavy (non-hydrogen) atoms. The lowest BCUT2D eigenvalue weighted by Crippen LogP contribution is -2.19. The molecule has 0 amide bonds. The number of imidazole rings is 1. The van der Waals surface area contributed by atoms with Gasteiger partial charge in [0.1, 0.15) is 5.82 Å². The lowest BCUT2D eigenvalue weighted by Gasteiger charge is -2.05. The SMILES string of the molecule is Cc1cc(CNCCc2nccn2C)n(C)n1. The molecule has 0 atom stereocenters. The van der Waals surface area contributed by atoms with Crippen LogP contribution in [0.1, 0.15) is 17.2 Å². The molecule has 0 fully saturated rings. The Morgan fingerprint density at radius 1 is 1.35 bits per heavy atom. The first kappa shape index (κ1) is 11.9. The van der Waals surface area contributed by atoms with Gasteiger partial charge in [-0.2, -0.15) is 5.10 Å². The van der Waals surface area contributed by atoms with Crippen LogP contribution in [0, 0.1) is 6.92 Å². The minimum Gasteiger partial charge on any atom is -0.338 e. The number of aryl methyl sites for hydroxylation is 3. The van der Waals surface area contributed by atoms with Crippen molar-refractivity contribution < 1.29 is 0 Å². The third-order valence-corrected chi connectivity index (χ3v) is 2.85. The molecule has 0 radical (unpaired) electrons. The van der Waals surface area contributed by atoms with E-state index in [1.807, 2.05) is 38.1 Å². The second kappa shape index (κ2) is 5.14. The number of hydrogen-bond acceptors (Lipinski definition) is 3. The summed E-state index contributed by atoms with van der Waals surface area (Å²) in [6.45, 7) is 3.79. The molecule has 92 valence electrons. The van der Waals surface area contributed by atoms with E-state index in [1.165, 1.54) is 5.69 Å². The highest BCUT2D eigenvalue weighted by atomic mass is 15.3. The molecule has 2 aromatic rings. The average Bonchev–Trinajstić information content (AvgIpc) is 2.81. The van der Waals surface area contributed by atoms with Crippen molar-refractivity contribution in [2.24, 2.45) is 14.1 Å². The summed E-state index contributed by atoms with van der Waals surface area (Å²) in [6, 6.07) is 2.10. The van der Waals surface area contributed by atoms with Crippen LogP contribution in [0.5, 0.6) is 0 Å². The molecule has 0 bridgehead atoms. The number of aromatic nitrogens is 4. The largest absolute Gasteiger partial charge is 0.338 e. The number of hydrogen-bond donors (Lipinski definition) is 1. The van der Waals surface area contributed by atoms with Gasteiger partial charge in [-0.1, -0.05) is 0 Å². The predicted molar refractivity (Wildman–Crippen MR) is 66.6 cm³/mol. The van der Waals surface area contributed by atoms with E-state index in [2.05, 4.69) is 26.0 Å². The molecular weight excluding hydrogens is 214 g/mol. The van der Waals surface area contributed by atoms with E-state index in [9.17, 15) is 0 Å². The molecule has 0 saturated heterocycles. The fourth-order valence-corrected chi connectivity index (χ4v) is 1.88. The summed E-state index contributed by atoms with van der Waals surface area (Å²) in [5.74, 6) is 1.11. The zero-order valence-corrected chi connectivity index (χ0v) is 10.6. The van der Waals surface area contributed by atoms with E-state index < -0.39 is 0 Å². The van der Waals surface area contributed by atoms with Crippen LogP contribution in [-0.4, -0.2) is 25.9 Å². The van der Waals surface area contributed by atoms with Crippen LogP contribution in [0.2, 0.25) is 0 Å². The van der Waals surface area contributed by atoms with Gasteiger partial charge in [0.15, 0.2) is 0 Å². The number of nitrogens with zero attached hydrogens (tertiary/aromatic N) is 4. The third-order valence-electron chi connectivity index (χ3n) is 2.85. The van der Waals surface area contributed by atoms with E-state index in [0.29, 0.717) is 0 Å². The van der Waals surface area contributed by atoms with Crippen LogP contribution in [0.15, 0.2) is 18.5 Å². The zero-order valence-electron chi connectivity index (χ0n) is 10.6. The normalized spacial score (nSPS) is 11.0. The maximum atomic E-state index is 4.31. The van der Waals surface area contributed by atoms with Gasteiger partial charge in [0.25, 0.3) is 0 Å². The van der Waals surface area contributed by atoms with Crippen molar-refractivity contribution in [3.05, 3.63) is 35.7 Å². The Morgan fingerprint density at radius 3 is 2.76 bits per heavy atom. The summed E-state index contributed by atoms with van der Waals surface area (Å²) in [5.41, 5.74) is 2.27. The van der Waals surface area contributed by atoms with Crippen molar-refractivity contribution in [2.75, 3.05) is 6.54 Å². The van der Waals surface area contributed by atoms with Crippen molar-refractivity contribution in [1.29, 1.82) is 0 Å². The van der Waals surface area contributed by atoms with Gasteiger partial charge in [-0.05, 0) is 13.0 Å². The molecule has 0 spiro atoms. The summed E-state index contributed by atoms with van der Waals surface area (Å²) >= 11 is 0. The molecule has 0 aromatic carbocycles. The molecule has 0 aliphatic heterocycles. The summed E-state index contributed by atoms with van der Waals surface area (Å²) in [4.78, 5) is 4.29. The topological polar surface area (TPSA) is 47.7 Å². The van der Waals surface area contributed by atoms with Gasteiger partial charge in [0.2, 0.25) is 0 Å². The molecule has 2 rings (SSSR count). The Balaban J connectivity index is 1.77. The Morgan fingerprint density at radius 2 is 2.18 bits per heavy atom. The average molecular weight is 233 g/mol. The predicted octanol–water partition coefficient (Wildman–Crippen LogP) is 0.794. The van der Waals surface area contributed by atoms with Crippen molar-refractivity contribution >= 4 is 0 Å². The molecule has 0 unspecified atom stereocenters. The first-order valence-electron chi connectivity index (χ1n) is 5.83. The lowest BCUT2D eigenvalue weighted by molar-refractivity contribution is 0.611. The van der Waals surface area contributed by atoms with Crippen LogP contribution < -0.4 is 5.32 Å². The van der Waals surface area contributed by atoms with Gasteiger partial charge in [0, 0.05) is 46.0 Å². The summed E-state index contributed by atoms with van der Waals surface area (Å²) in [7, 11) is 4.00. The van der Waals surface area contributed by atoms with Crippen LogP contribution in [0.25, 0.3) is 0 Å². The Labute approximate surface area is 101 Å². The second-order valence-corrected chi connectivity index (χ2v) is 4.28. The van der Waals surface area contributed by atoms with Crippen molar-refractivity contribution in [2.45, 2.75) is 19.9 Å². The molecule has 2 aromatic heterocycles. The quantitative estimate of drug-likeness (QED) is 0.777. The highest BCUT2D eigenvalue weighted by molar-refractivity contribution is 5.08. The Hall–Kier alpha value is -1.62. The molecule has 5 heteroatoms. The molecule has 0 aliphatic rings. The van der Waals surface area contributed by atoms with Crippen molar-refractivity contribution in [3.63, 3.8) is 0 Å². The van der Waals surface area contributed by atoms with Crippen LogP contribution >= 0.6 is 0 Å². The molecule has 5 nitrogen and oxygen atoms in total. The smallest absolute Gasteiger partial charge is 0.109 e. The maximum Gasteiger partial charge on any atom is 0.109 e. The Kier molecular flexibility index (Phi) is 3.58. The van der Waals surface area contributed by atoms with Crippen molar-refractivity contribution in [1.82, 2.24) is 24.6 Å². The Bertz CT molecular complexity index is 483. The van der Waals surface area contributed by atoms with E-state index >= 15 is 0 Å². The summed E-state index contributed by atoms with van der Waals surface area (Å²) < 4.78 is 3.97. The van der Waals surface area contributed by atoms with E-state index in [4.69, 9.17) is 0 Å². The van der Waals surface area contributed by atoms with Gasteiger partial charge in [-0.15, -0.1) is 0 Å². The van der Waals surface area contributed by atoms with Gasteiger partial charge in [-0.3, -0.25) is 4.68 Å². The number of nitrogens with one attached hydrogen (secondary N) is 1. The van der Waals surface area contributed by atoms with Gasteiger partial charge in [0.05, 0.1) is 11.4 Å². The van der Waals surface area contributed by atoms with Gasteiger partial charge < -0.3 is 9.88 Å². The first-order valence-corrected chi connectivity index (χ1v) is 5.83. The minimum atomic E-state index is 0.849. The summed E-state index contributed by atoms with van der Waals surface area (Å²) in [5, 5.41) is 7.72. The highest BCUT2D eigenvalue weighted by Crippen LogP contribution is 2.01. The standard InChI is InChI=1S/C12H19N5/c1-10-8-11(17(3)15-10)9-13-5-4-12-14-6-7-16(12)2/h6-8,13H,4-5,9H2,1-3H3. The zero-order chi connectivity index (χ0) is 12.3. The molecule has 0 saturated carbocycles. The second-order valence-electron chi connectivity index (χ2n) is 4.28. The van der Waals surface area contributed by atoms with E-state index in [-0.39, 0.29) is 0 Å². The van der Waals surface area contributed by atoms with Crippen molar-refractivity contribution in [3.8, 4) is 0 Å². The molecule has 0 aliphatic carbocycles. The monoisotopic (exact) mass is 233 g/mol. The van der Waals surface area contributed by atoms with E-state index in [1.54, 1.807) is 0 Å². The van der Waals surface area contributed by atoms with Crippen LogP contribution in [-0.2, 0) is 27.1 Å². The minimum absolute atomic E-state index is 0.849. The number of rotatable bonds is 5. The highest BCUT2D eigenvalue weighted by Gasteiger charge is 2.02. The first-order chi connectivity index (χ1) is 8.16. The fourth-order valence-electron chi connectivity index (χ4n) is 1.88. The van der Waals surface area contributed by atoms with Crippen LogP contribution in [0.4, 0.5) is 0 Å². The molecule has 1 N–H and O–H groups in total.